The lowest BCUT2D eigenvalue weighted by molar-refractivity contribution is 0.0809. The maximum absolute atomic E-state index is 13.0. The molecule has 0 unspecified atom stereocenters. The molecule has 4 rings (SSSR count). The van der Waals surface area contributed by atoms with Crippen molar-refractivity contribution in [2.75, 3.05) is 5.32 Å². The van der Waals surface area contributed by atoms with Crippen LogP contribution in [0, 0.1) is 0 Å². The molecule has 0 radical (unpaired) electrons. The van der Waals surface area contributed by atoms with Crippen LogP contribution in [0.1, 0.15) is 52.8 Å². The summed E-state index contributed by atoms with van der Waals surface area (Å²) in [5, 5.41) is 2.67. The molecule has 140 valence electrons. The average Bonchev–Trinajstić information content (AvgIpc) is 2.88. The second-order valence-electron chi connectivity index (χ2n) is 6.80. The van der Waals surface area contributed by atoms with E-state index in [9.17, 15) is 18.0 Å². The highest BCUT2D eigenvalue weighted by molar-refractivity contribution is 7.90. The number of benzene rings is 1. The summed E-state index contributed by atoms with van der Waals surface area (Å²) in [5.41, 5.74) is 0.823. The van der Waals surface area contributed by atoms with Gasteiger partial charge in [0.2, 0.25) is 0 Å². The van der Waals surface area contributed by atoms with Crippen LogP contribution < -0.4 is 5.32 Å². The van der Waals surface area contributed by atoms with E-state index in [0.717, 1.165) is 23.6 Å². The van der Waals surface area contributed by atoms with E-state index >= 15 is 0 Å². The number of carbonyl (C=O) groups excluding carboxylic acids is 2. The van der Waals surface area contributed by atoms with Gasteiger partial charge in [-0.2, -0.15) is 0 Å². The van der Waals surface area contributed by atoms with Crippen molar-refractivity contribution in [2.45, 2.75) is 43.0 Å². The predicted octanol–water partition coefficient (Wildman–Crippen LogP) is 2.81. The van der Waals surface area contributed by atoms with Crippen molar-refractivity contribution in [3.8, 4) is 0 Å². The first-order valence-corrected chi connectivity index (χ1v) is 10.4. The fourth-order valence-electron chi connectivity index (χ4n) is 3.71. The van der Waals surface area contributed by atoms with E-state index in [1.807, 2.05) is 0 Å². The van der Waals surface area contributed by atoms with E-state index in [1.165, 1.54) is 24.4 Å². The van der Waals surface area contributed by atoms with Crippen LogP contribution >= 0.6 is 0 Å². The molecule has 27 heavy (non-hydrogen) atoms. The molecule has 2 amide bonds. The number of fused-ring (bicyclic) bond motifs is 1. The van der Waals surface area contributed by atoms with Gasteiger partial charge in [0.25, 0.3) is 21.8 Å². The minimum Gasteiger partial charge on any atom is -0.321 e. The molecule has 1 N–H and O–H groups in total. The highest BCUT2D eigenvalue weighted by Crippen LogP contribution is 2.36. The second-order valence-corrected chi connectivity index (χ2v) is 8.59. The van der Waals surface area contributed by atoms with Gasteiger partial charge in [-0.3, -0.25) is 14.6 Å². The Morgan fingerprint density at radius 2 is 1.93 bits per heavy atom. The summed E-state index contributed by atoms with van der Waals surface area (Å²) in [7, 11) is -3.93. The number of carbonyl (C=O) groups is 2. The fraction of sp³-hybridized carbons (Fsp3) is 0.316. The summed E-state index contributed by atoms with van der Waals surface area (Å²) in [5.74, 6) is -0.944. The number of rotatable bonds is 3. The maximum Gasteiger partial charge on any atom is 0.269 e. The molecule has 2 aromatic rings. The van der Waals surface area contributed by atoms with Gasteiger partial charge in [0.05, 0.1) is 17.4 Å². The molecule has 7 nitrogen and oxygen atoms in total. The number of anilines is 1. The summed E-state index contributed by atoms with van der Waals surface area (Å²) >= 11 is 0. The van der Waals surface area contributed by atoms with Gasteiger partial charge in [-0.05, 0) is 43.2 Å². The first-order chi connectivity index (χ1) is 13.0. The molecule has 1 aromatic heterocycles. The number of hydrogen-bond donors (Lipinski definition) is 1. The Kier molecular flexibility index (Phi) is 4.43. The lowest BCUT2D eigenvalue weighted by atomic mass is 9.95. The Labute approximate surface area is 157 Å². The lowest BCUT2D eigenvalue weighted by Gasteiger charge is -2.29. The third kappa shape index (κ3) is 3.10. The number of amides is 2. The Bertz CT molecular complexity index is 999. The monoisotopic (exact) mass is 385 g/mol. The van der Waals surface area contributed by atoms with E-state index in [1.54, 1.807) is 18.3 Å². The van der Waals surface area contributed by atoms with Gasteiger partial charge in [-0.25, -0.2) is 12.7 Å². The molecule has 8 heteroatoms. The predicted molar refractivity (Wildman–Crippen MR) is 98.9 cm³/mol. The Hall–Kier alpha value is -2.74. The smallest absolute Gasteiger partial charge is 0.269 e. The van der Waals surface area contributed by atoms with Crippen LogP contribution in [0.2, 0.25) is 0 Å². The Morgan fingerprint density at radius 3 is 2.63 bits per heavy atom. The standard InChI is InChI=1S/C19H19N3O4S/c23-18(21-14-5-4-10-20-12-14)13-8-9-16-17(11-13)27(25,26)22(19(16)24)15-6-2-1-3-7-15/h4-5,8-12,15H,1-3,6-7H2,(H,21,23). The molecule has 1 fully saturated rings. The lowest BCUT2D eigenvalue weighted by Crippen LogP contribution is -2.40. The number of aromatic nitrogens is 1. The highest BCUT2D eigenvalue weighted by Gasteiger charge is 2.45. The van der Waals surface area contributed by atoms with Crippen LogP contribution in [-0.2, 0) is 10.0 Å². The fourth-order valence-corrected chi connectivity index (χ4v) is 5.55. The van der Waals surface area contributed by atoms with Gasteiger partial charge in [0.1, 0.15) is 4.90 Å². The van der Waals surface area contributed by atoms with Crippen LogP contribution in [0.4, 0.5) is 5.69 Å². The number of pyridine rings is 1. The van der Waals surface area contributed by atoms with Crippen molar-refractivity contribution < 1.29 is 18.0 Å². The van der Waals surface area contributed by atoms with Crippen molar-refractivity contribution in [3.63, 3.8) is 0 Å². The largest absolute Gasteiger partial charge is 0.321 e. The third-order valence-electron chi connectivity index (χ3n) is 5.04. The third-order valence-corrected chi connectivity index (χ3v) is 6.91. The Morgan fingerprint density at radius 1 is 1.15 bits per heavy atom. The van der Waals surface area contributed by atoms with Crippen LogP contribution in [0.25, 0.3) is 0 Å². The zero-order valence-corrected chi connectivity index (χ0v) is 15.4. The topological polar surface area (TPSA) is 96.4 Å². The molecule has 0 bridgehead atoms. The molecule has 1 saturated carbocycles. The van der Waals surface area contributed by atoms with E-state index in [4.69, 9.17) is 0 Å². The van der Waals surface area contributed by atoms with Gasteiger partial charge in [-0.15, -0.1) is 0 Å². The van der Waals surface area contributed by atoms with Crippen LogP contribution in [0.15, 0.2) is 47.6 Å². The van der Waals surface area contributed by atoms with E-state index in [0.29, 0.717) is 18.5 Å². The number of sulfonamides is 1. The SMILES string of the molecule is O=C(Nc1cccnc1)c1ccc2c(c1)S(=O)(=O)N(C1CCCCC1)C2=O. The molecule has 0 saturated heterocycles. The van der Waals surface area contributed by atoms with Gasteiger partial charge in [-0.1, -0.05) is 19.3 Å². The number of nitrogens with one attached hydrogen (secondary N) is 1. The maximum atomic E-state index is 13.0. The van der Waals surface area contributed by atoms with E-state index < -0.39 is 21.8 Å². The minimum absolute atomic E-state index is 0.0862. The molecule has 1 aromatic carbocycles. The number of nitrogens with zero attached hydrogens (tertiary/aromatic N) is 2. The minimum atomic E-state index is -3.93. The van der Waals surface area contributed by atoms with Gasteiger partial charge in [0.15, 0.2) is 0 Å². The second kappa shape index (κ2) is 6.77. The van der Waals surface area contributed by atoms with Crippen molar-refractivity contribution in [1.29, 1.82) is 0 Å². The molecule has 1 aliphatic carbocycles. The molecular formula is C19H19N3O4S. The summed E-state index contributed by atoms with van der Waals surface area (Å²) < 4.78 is 27.0. The molecule has 1 aliphatic heterocycles. The first kappa shape index (κ1) is 17.7. The molecule has 0 atom stereocenters. The molecular weight excluding hydrogens is 366 g/mol. The normalized spacial score (nSPS) is 19.0. The zero-order valence-electron chi connectivity index (χ0n) is 14.6. The highest BCUT2D eigenvalue weighted by atomic mass is 32.2. The van der Waals surface area contributed by atoms with Gasteiger partial charge in [0, 0.05) is 17.8 Å². The molecule has 2 heterocycles. The van der Waals surface area contributed by atoms with Crippen molar-refractivity contribution in [3.05, 3.63) is 53.9 Å². The zero-order chi connectivity index (χ0) is 19.0. The van der Waals surface area contributed by atoms with E-state index in [2.05, 4.69) is 10.3 Å². The summed E-state index contributed by atoms with van der Waals surface area (Å²) in [6.45, 7) is 0. The van der Waals surface area contributed by atoms with Crippen LogP contribution in [-0.4, -0.2) is 35.6 Å². The summed E-state index contributed by atoms with van der Waals surface area (Å²) in [4.78, 5) is 29.0. The van der Waals surface area contributed by atoms with Gasteiger partial charge < -0.3 is 5.32 Å². The first-order valence-electron chi connectivity index (χ1n) is 8.93. The van der Waals surface area contributed by atoms with Crippen molar-refractivity contribution in [1.82, 2.24) is 9.29 Å². The molecule has 2 aliphatic rings. The molecule has 0 spiro atoms. The Balaban J connectivity index is 1.65. The summed E-state index contributed by atoms with van der Waals surface area (Å²) in [6.07, 6.45) is 7.35. The number of hydrogen-bond acceptors (Lipinski definition) is 5. The van der Waals surface area contributed by atoms with Gasteiger partial charge >= 0.3 is 0 Å². The average molecular weight is 385 g/mol. The quantitative estimate of drug-likeness (QED) is 0.876. The van der Waals surface area contributed by atoms with E-state index in [-0.39, 0.29) is 22.1 Å². The van der Waals surface area contributed by atoms with Crippen LogP contribution in [0.5, 0.6) is 0 Å². The van der Waals surface area contributed by atoms with Crippen molar-refractivity contribution >= 4 is 27.5 Å². The van der Waals surface area contributed by atoms with Crippen LogP contribution in [0.3, 0.4) is 0 Å². The summed E-state index contributed by atoms with van der Waals surface area (Å²) in [6, 6.07) is 7.26. The van der Waals surface area contributed by atoms with Crippen molar-refractivity contribution in [2.24, 2.45) is 0 Å².